The average molecular weight is 430 g/mol. The van der Waals surface area contributed by atoms with Crippen molar-refractivity contribution in [3.63, 3.8) is 0 Å². The maximum Gasteiger partial charge on any atom is 0.257 e. The van der Waals surface area contributed by atoms with Crippen LogP contribution in [0.5, 0.6) is 0 Å². The van der Waals surface area contributed by atoms with Crippen LogP contribution in [0.15, 0.2) is 29.1 Å². The summed E-state index contributed by atoms with van der Waals surface area (Å²) in [6.07, 6.45) is 2.47. The predicted octanol–water partition coefficient (Wildman–Crippen LogP) is 0.778. The topological polar surface area (TPSA) is 110 Å². The molecule has 0 aliphatic rings. The summed E-state index contributed by atoms with van der Waals surface area (Å²) < 4.78 is 6.98. The smallest absolute Gasteiger partial charge is 0.257 e. The zero-order valence-electron chi connectivity index (χ0n) is 18.6. The monoisotopic (exact) mass is 429 g/mol. The number of hydrogen-bond acceptors (Lipinski definition) is 6. The second kappa shape index (κ2) is 11.1. The van der Waals surface area contributed by atoms with Crippen molar-refractivity contribution < 1.29 is 14.7 Å². The molecule has 3 rings (SSSR count). The fourth-order valence-electron chi connectivity index (χ4n) is 4.03. The van der Waals surface area contributed by atoms with E-state index in [9.17, 15) is 9.90 Å². The molecule has 0 bridgehead atoms. The Bertz CT molecular complexity index is 1030. The first-order valence-corrected chi connectivity index (χ1v) is 10.9. The summed E-state index contributed by atoms with van der Waals surface area (Å²) in [7, 11) is 1.65. The Morgan fingerprint density at radius 1 is 1.32 bits per heavy atom. The van der Waals surface area contributed by atoms with Gasteiger partial charge in [-0.2, -0.15) is 0 Å². The van der Waals surface area contributed by atoms with Crippen LogP contribution in [0.1, 0.15) is 49.2 Å². The van der Waals surface area contributed by atoms with Gasteiger partial charge in [0.05, 0.1) is 25.3 Å². The number of nitrogens with zero attached hydrogens (tertiary/aromatic N) is 4. The van der Waals surface area contributed by atoms with Gasteiger partial charge in [-0.05, 0) is 40.4 Å². The SMILES string of the molecule is CCC[C@@H](c1nnnn1CCOC)[NH+](CCCO)Cc1cc2ccc(C)cc2[nH]c1=O. The maximum atomic E-state index is 12.8. The number of H-pyrrole nitrogens is 1. The van der Waals surface area contributed by atoms with Gasteiger partial charge in [-0.3, -0.25) is 4.79 Å². The molecule has 2 aromatic heterocycles. The molecule has 9 heteroatoms. The van der Waals surface area contributed by atoms with E-state index in [4.69, 9.17) is 4.74 Å². The van der Waals surface area contributed by atoms with E-state index in [1.165, 1.54) is 4.90 Å². The number of ether oxygens (including phenoxy) is 1. The molecule has 31 heavy (non-hydrogen) atoms. The molecule has 1 aromatic carbocycles. The number of methoxy groups -OCH3 is 1. The number of tetrazole rings is 1. The fourth-order valence-corrected chi connectivity index (χ4v) is 4.03. The van der Waals surface area contributed by atoms with E-state index < -0.39 is 0 Å². The molecule has 0 spiro atoms. The summed E-state index contributed by atoms with van der Waals surface area (Å²) in [4.78, 5) is 17.0. The highest BCUT2D eigenvalue weighted by Crippen LogP contribution is 2.15. The molecule has 0 aliphatic heterocycles. The first-order valence-electron chi connectivity index (χ1n) is 10.9. The van der Waals surface area contributed by atoms with Crippen LogP contribution in [0.2, 0.25) is 0 Å². The lowest BCUT2D eigenvalue weighted by atomic mass is 10.1. The van der Waals surface area contributed by atoms with Crippen molar-refractivity contribution in [1.29, 1.82) is 0 Å². The molecule has 0 fully saturated rings. The molecule has 0 saturated heterocycles. The Morgan fingerprint density at radius 3 is 2.90 bits per heavy atom. The van der Waals surface area contributed by atoms with Crippen molar-refractivity contribution in [3.05, 3.63) is 51.6 Å². The lowest BCUT2D eigenvalue weighted by molar-refractivity contribution is -0.946. The molecule has 1 unspecified atom stereocenters. The van der Waals surface area contributed by atoms with Crippen molar-refractivity contribution in [2.75, 3.05) is 26.9 Å². The number of pyridine rings is 1. The van der Waals surface area contributed by atoms with Gasteiger partial charge in [0.25, 0.3) is 5.56 Å². The lowest BCUT2D eigenvalue weighted by Crippen LogP contribution is -3.11. The Balaban J connectivity index is 1.95. The number of aryl methyl sites for hydroxylation is 1. The molecule has 3 aromatic rings. The number of benzene rings is 1. The standard InChI is InChI=1S/C22H32N6O3/c1-4-6-20(21-24-25-26-28(21)10-12-31-3)27(9-5-11-29)15-18-14-17-8-7-16(2)13-19(17)23-22(18)30/h7-8,13-14,20,29H,4-6,9-12,15H2,1-3H3,(H,23,30)/p+1/t20-/m0/s1. The molecular weight excluding hydrogens is 396 g/mol. The van der Waals surface area contributed by atoms with Gasteiger partial charge < -0.3 is 19.7 Å². The molecule has 2 atom stereocenters. The molecule has 168 valence electrons. The van der Waals surface area contributed by atoms with Gasteiger partial charge in [0.2, 0.25) is 5.82 Å². The van der Waals surface area contributed by atoms with Gasteiger partial charge in [-0.25, -0.2) is 4.68 Å². The fraction of sp³-hybridized carbons (Fsp3) is 0.545. The average Bonchev–Trinajstić information content (AvgIpc) is 3.22. The Hall–Kier alpha value is -2.62. The second-order valence-corrected chi connectivity index (χ2v) is 7.97. The lowest BCUT2D eigenvalue weighted by Gasteiger charge is -2.27. The van der Waals surface area contributed by atoms with Crippen LogP contribution in [-0.4, -0.2) is 57.2 Å². The van der Waals surface area contributed by atoms with Crippen molar-refractivity contribution in [2.45, 2.75) is 52.2 Å². The third kappa shape index (κ3) is 5.75. The molecule has 0 amide bonds. The molecule has 9 nitrogen and oxygen atoms in total. The van der Waals surface area contributed by atoms with Crippen LogP contribution in [-0.2, 0) is 17.8 Å². The summed E-state index contributed by atoms with van der Waals surface area (Å²) in [5, 5.41) is 22.8. The van der Waals surface area contributed by atoms with Crippen LogP contribution in [0.25, 0.3) is 10.9 Å². The summed E-state index contributed by atoms with van der Waals surface area (Å²) >= 11 is 0. The normalized spacial score (nSPS) is 13.5. The van der Waals surface area contributed by atoms with Gasteiger partial charge in [0, 0.05) is 32.1 Å². The number of quaternary nitrogens is 1. The maximum absolute atomic E-state index is 12.8. The van der Waals surface area contributed by atoms with Gasteiger partial charge in [0.15, 0.2) is 0 Å². The summed E-state index contributed by atoms with van der Waals surface area (Å²) in [6, 6.07) is 8.05. The van der Waals surface area contributed by atoms with E-state index in [-0.39, 0.29) is 18.2 Å². The number of aromatic nitrogens is 5. The minimum absolute atomic E-state index is 0.0107. The van der Waals surface area contributed by atoms with E-state index in [2.05, 4.69) is 27.4 Å². The number of aromatic amines is 1. The second-order valence-electron chi connectivity index (χ2n) is 7.97. The number of hydrogen-bond donors (Lipinski definition) is 3. The number of rotatable bonds is 12. The van der Waals surface area contributed by atoms with Crippen LogP contribution in [0.3, 0.4) is 0 Å². The van der Waals surface area contributed by atoms with Crippen molar-refractivity contribution in [3.8, 4) is 0 Å². The van der Waals surface area contributed by atoms with Gasteiger partial charge >= 0.3 is 0 Å². The molecule has 0 radical (unpaired) electrons. The molecule has 0 aliphatic carbocycles. The predicted molar refractivity (Wildman–Crippen MR) is 118 cm³/mol. The van der Waals surface area contributed by atoms with E-state index >= 15 is 0 Å². The third-order valence-corrected chi connectivity index (χ3v) is 5.60. The highest BCUT2D eigenvalue weighted by atomic mass is 16.5. The van der Waals surface area contributed by atoms with Crippen LogP contribution < -0.4 is 10.5 Å². The molecule has 3 N–H and O–H groups in total. The first kappa shape index (κ1) is 23.1. The zero-order valence-corrected chi connectivity index (χ0v) is 18.6. The van der Waals surface area contributed by atoms with E-state index in [1.54, 1.807) is 11.8 Å². The quantitative estimate of drug-likeness (QED) is 0.392. The van der Waals surface area contributed by atoms with E-state index in [0.29, 0.717) is 32.7 Å². The van der Waals surface area contributed by atoms with Gasteiger partial charge in [0.1, 0.15) is 12.6 Å². The first-order chi connectivity index (χ1) is 15.1. The van der Waals surface area contributed by atoms with Crippen molar-refractivity contribution >= 4 is 10.9 Å². The Kier molecular flexibility index (Phi) is 8.27. The number of aliphatic hydroxyl groups is 1. The van der Waals surface area contributed by atoms with Gasteiger partial charge in [-0.15, -0.1) is 5.10 Å². The molecule has 2 heterocycles. The number of fused-ring (bicyclic) bond motifs is 1. The summed E-state index contributed by atoms with van der Waals surface area (Å²) in [5.74, 6) is 0.791. The van der Waals surface area contributed by atoms with E-state index in [1.807, 2.05) is 31.2 Å². The van der Waals surface area contributed by atoms with E-state index in [0.717, 1.165) is 40.7 Å². The summed E-state index contributed by atoms with van der Waals surface area (Å²) in [5.41, 5.74) is 2.60. The Morgan fingerprint density at radius 2 is 2.16 bits per heavy atom. The summed E-state index contributed by atoms with van der Waals surface area (Å²) in [6.45, 7) is 6.57. The van der Waals surface area contributed by atoms with Crippen molar-refractivity contribution in [2.24, 2.45) is 0 Å². The largest absolute Gasteiger partial charge is 0.396 e. The molecular formula is C22H33N6O3+. The number of nitrogens with one attached hydrogen (secondary N) is 2. The highest BCUT2D eigenvalue weighted by molar-refractivity contribution is 5.79. The zero-order chi connectivity index (χ0) is 22.2. The van der Waals surface area contributed by atoms with Crippen LogP contribution in [0, 0.1) is 6.92 Å². The van der Waals surface area contributed by atoms with Gasteiger partial charge in [-0.1, -0.05) is 25.5 Å². The minimum Gasteiger partial charge on any atom is -0.396 e. The Labute approximate surface area is 182 Å². The van der Waals surface area contributed by atoms with Crippen LogP contribution >= 0.6 is 0 Å². The van der Waals surface area contributed by atoms with Crippen LogP contribution in [0.4, 0.5) is 0 Å². The minimum atomic E-state index is -0.0752. The third-order valence-electron chi connectivity index (χ3n) is 5.60. The molecule has 0 saturated carbocycles. The highest BCUT2D eigenvalue weighted by Gasteiger charge is 2.29. The van der Waals surface area contributed by atoms with Crippen molar-refractivity contribution in [1.82, 2.24) is 25.2 Å². The number of aliphatic hydroxyl groups excluding tert-OH is 1.